The van der Waals surface area contributed by atoms with Crippen LogP contribution in [0.25, 0.3) is 6.08 Å². The van der Waals surface area contributed by atoms with Crippen LogP contribution in [0.15, 0.2) is 23.6 Å². The largest absolute Gasteiger partial charge is 0.490 e. The highest BCUT2D eigenvalue weighted by Gasteiger charge is 2.45. The van der Waals surface area contributed by atoms with E-state index in [2.05, 4.69) is 4.90 Å². The number of rotatable bonds is 3. The molecule has 4 heterocycles. The average molecular weight is 461 g/mol. The van der Waals surface area contributed by atoms with Gasteiger partial charge in [-0.2, -0.15) is 13.2 Å². The second-order valence-electron chi connectivity index (χ2n) is 8.08. The van der Waals surface area contributed by atoms with Crippen LogP contribution in [0.1, 0.15) is 37.0 Å². The monoisotopic (exact) mass is 460 g/mol. The molecule has 31 heavy (non-hydrogen) atoms. The van der Waals surface area contributed by atoms with Crippen molar-refractivity contribution in [2.75, 3.05) is 32.8 Å². The summed E-state index contributed by atoms with van der Waals surface area (Å²) in [6, 6.07) is 4.69. The van der Waals surface area contributed by atoms with Crippen LogP contribution in [-0.4, -0.2) is 77.4 Å². The van der Waals surface area contributed by atoms with Gasteiger partial charge in [-0.3, -0.25) is 4.79 Å². The lowest BCUT2D eigenvalue weighted by molar-refractivity contribution is -0.192. The van der Waals surface area contributed by atoms with E-state index in [4.69, 9.17) is 14.6 Å². The van der Waals surface area contributed by atoms with Crippen molar-refractivity contribution in [2.24, 2.45) is 0 Å². The van der Waals surface area contributed by atoms with Crippen LogP contribution >= 0.6 is 11.3 Å². The number of nitrogens with zero attached hydrogens (tertiary/aromatic N) is 2. The van der Waals surface area contributed by atoms with E-state index in [0.717, 1.165) is 43.8 Å². The van der Waals surface area contributed by atoms with Crippen LogP contribution in [0.4, 0.5) is 13.2 Å². The number of likely N-dealkylation sites (tertiary alicyclic amines) is 2. The maximum Gasteiger partial charge on any atom is 0.490 e. The standard InChI is InChI=1S/C19H26N2O2S.C2HF3O2/c22-18(6-5-17-4-3-13-24-17)21-11-8-19(15-21)14-16(7-12-23-19)20-9-1-2-10-20;3-2(4,5)1(6)7/h3-6,13,16H,1-2,7-12,14-15H2;(H,6,7)/b6-5+;/t16-,19-;/m1./s1. The maximum absolute atomic E-state index is 12.5. The Bertz CT molecular complexity index is 778. The van der Waals surface area contributed by atoms with Crippen molar-refractivity contribution in [1.29, 1.82) is 0 Å². The molecule has 3 fully saturated rings. The number of carboxylic acid groups (broad SMARTS) is 1. The highest BCUT2D eigenvalue weighted by atomic mass is 32.1. The van der Waals surface area contributed by atoms with E-state index in [1.165, 1.54) is 25.9 Å². The van der Waals surface area contributed by atoms with E-state index in [0.29, 0.717) is 6.04 Å². The molecular formula is C21H27F3N2O4S. The van der Waals surface area contributed by atoms with E-state index >= 15 is 0 Å². The van der Waals surface area contributed by atoms with Crippen LogP contribution in [0.3, 0.4) is 0 Å². The molecule has 3 aliphatic rings. The van der Waals surface area contributed by atoms with E-state index in [1.54, 1.807) is 17.4 Å². The summed E-state index contributed by atoms with van der Waals surface area (Å²) in [6.07, 6.45) is 4.44. The van der Waals surface area contributed by atoms with E-state index in [1.807, 2.05) is 28.5 Å². The number of alkyl halides is 3. The van der Waals surface area contributed by atoms with Gasteiger partial charge in [0, 0.05) is 30.1 Å². The van der Waals surface area contributed by atoms with Crippen molar-refractivity contribution in [3.63, 3.8) is 0 Å². The highest BCUT2D eigenvalue weighted by molar-refractivity contribution is 7.10. The average Bonchev–Trinajstić information content (AvgIpc) is 3.48. The molecular weight excluding hydrogens is 433 g/mol. The summed E-state index contributed by atoms with van der Waals surface area (Å²) >= 11 is 1.66. The normalized spacial score (nSPS) is 26.9. The summed E-state index contributed by atoms with van der Waals surface area (Å²) < 4.78 is 37.9. The van der Waals surface area contributed by atoms with Crippen LogP contribution < -0.4 is 0 Å². The number of carbonyl (C=O) groups is 2. The number of carbonyl (C=O) groups excluding carboxylic acids is 1. The van der Waals surface area contributed by atoms with Gasteiger partial charge in [-0.15, -0.1) is 11.3 Å². The van der Waals surface area contributed by atoms with Gasteiger partial charge in [0.25, 0.3) is 0 Å². The number of carboxylic acids is 1. The lowest BCUT2D eigenvalue weighted by Crippen LogP contribution is -2.49. The first kappa shape index (κ1) is 23.7. The number of amides is 1. The fourth-order valence-electron chi connectivity index (χ4n) is 4.38. The van der Waals surface area contributed by atoms with Gasteiger partial charge >= 0.3 is 12.1 Å². The van der Waals surface area contributed by atoms with Gasteiger partial charge in [0.2, 0.25) is 5.91 Å². The molecule has 1 aromatic heterocycles. The van der Waals surface area contributed by atoms with Crippen LogP contribution in [0.2, 0.25) is 0 Å². The molecule has 1 spiro atoms. The molecule has 3 aliphatic heterocycles. The van der Waals surface area contributed by atoms with Gasteiger partial charge in [-0.05, 0) is 62.7 Å². The molecule has 4 rings (SSSR count). The minimum Gasteiger partial charge on any atom is -0.475 e. The van der Waals surface area contributed by atoms with Crippen molar-refractivity contribution in [1.82, 2.24) is 9.80 Å². The Balaban J connectivity index is 0.000000339. The Labute approximate surface area is 183 Å². The SMILES string of the molecule is O=C(/C=C/c1cccs1)N1CC[C@@]2(C[C@H](N3CCCC3)CCO2)C1.O=C(O)C(F)(F)F. The predicted octanol–water partition coefficient (Wildman–Crippen LogP) is 3.64. The fourth-order valence-corrected chi connectivity index (χ4v) is 5.00. The summed E-state index contributed by atoms with van der Waals surface area (Å²) in [4.78, 5) is 27.1. The summed E-state index contributed by atoms with van der Waals surface area (Å²) in [5.74, 6) is -2.64. The number of ether oxygens (including phenoxy) is 1. The van der Waals surface area contributed by atoms with Gasteiger partial charge in [0.1, 0.15) is 0 Å². The molecule has 0 saturated carbocycles. The molecule has 1 N–H and O–H groups in total. The van der Waals surface area contributed by atoms with E-state index in [-0.39, 0.29) is 11.5 Å². The van der Waals surface area contributed by atoms with Gasteiger partial charge in [-0.1, -0.05) is 6.07 Å². The number of hydrogen-bond acceptors (Lipinski definition) is 5. The van der Waals surface area contributed by atoms with Crippen molar-refractivity contribution in [2.45, 2.75) is 49.9 Å². The molecule has 10 heteroatoms. The second-order valence-corrected chi connectivity index (χ2v) is 9.06. The quantitative estimate of drug-likeness (QED) is 0.698. The Kier molecular flexibility index (Phi) is 7.77. The minimum atomic E-state index is -5.08. The molecule has 0 bridgehead atoms. The molecule has 3 saturated heterocycles. The van der Waals surface area contributed by atoms with Gasteiger partial charge < -0.3 is 19.6 Å². The fraction of sp³-hybridized carbons (Fsp3) is 0.619. The first-order chi connectivity index (χ1) is 14.7. The molecule has 0 aromatic carbocycles. The number of thiophene rings is 1. The van der Waals surface area contributed by atoms with Crippen molar-refractivity contribution < 1.29 is 32.6 Å². The van der Waals surface area contributed by atoms with Crippen molar-refractivity contribution in [3.05, 3.63) is 28.5 Å². The van der Waals surface area contributed by atoms with Crippen LogP contribution in [-0.2, 0) is 14.3 Å². The van der Waals surface area contributed by atoms with Gasteiger partial charge in [0.15, 0.2) is 0 Å². The number of aliphatic carboxylic acids is 1. The van der Waals surface area contributed by atoms with Gasteiger partial charge in [0.05, 0.1) is 12.1 Å². The maximum atomic E-state index is 12.5. The molecule has 0 unspecified atom stereocenters. The Hall–Kier alpha value is -1.91. The third kappa shape index (κ3) is 6.54. The summed E-state index contributed by atoms with van der Waals surface area (Å²) in [6.45, 7) is 4.90. The molecule has 1 amide bonds. The Morgan fingerprint density at radius 3 is 2.58 bits per heavy atom. The summed E-state index contributed by atoms with van der Waals surface area (Å²) in [5, 5.41) is 9.16. The van der Waals surface area contributed by atoms with Gasteiger partial charge in [-0.25, -0.2) is 4.79 Å². The molecule has 1 aromatic rings. The van der Waals surface area contributed by atoms with Crippen molar-refractivity contribution in [3.8, 4) is 0 Å². The van der Waals surface area contributed by atoms with Crippen molar-refractivity contribution >= 4 is 29.3 Å². The van der Waals surface area contributed by atoms with E-state index < -0.39 is 12.1 Å². The molecule has 172 valence electrons. The molecule has 0 aliphatic carbocycles. The smallest absolute Gasteiger partial charge is 0.475 e. The second kappa shape index (κ2) is 10.1. The zero-order chi connectivity index (χ0) is 22.5. The highest BCUT2D eigenvalue weighted by Crippen LogP contribution is 2.37. The Morgan fingerprint density at radius 1 is 1.26 bits per heavy atom. The van der Waals surface area contributed by atoms with E-state index in [9.17, 15) is 18.0 Å². The minimum absolute atomic E-state index is 0.0993. The predicted molar refractivity (Wildman–Crippen MR) is 111 cm³/mol. The summed E-state index contributed by atoms with van der Waals surface area (Å²) in [5.41, 5.74) is -0.0993. The third-order valence-electron chi connectivity index (χ3n) is 5.93. The first-order valence-corrected chi connectivity index (χ1v) is 11.3. The van der Waals surface area contributed by atoms with Crippen LogP contribution in [0, 0.1) is 0 Å². The lowest BCUT2D eigenvalue weighted by atomic mass is 9.89. The number of hydrogen-bond donors (Lipinski definition) is 1. The zero-order valence-corrected chi connectivity index (χ0v) is 18.0. The molecule has 6 nitrogen and oxygen atoms in total. The molecule has 2 atom stereocenters. The van der Waals surface area contributed by atoms with Crippen LogP contribution in [0.5, 0.6) is 0 Å². The lowest BCUT2D eigenvalue weighted by Gasteiger charge is -2.41. The third-order valence-corrected chi connectivity index (χ3v) is 6.77. The summed E-state index contributed by atoms with van der Waals surface area (Å²) in [7, 11) is 0. The first-order valence-electron chi connectivity index (χ1n) is 10.4. The molecule has 0 radical (unpaired) electrons. The number of halogens is 3. The topological polar surface area (TPSA) is 70.1 Å². The zero-order valence-electron chi connectivity index (χ0n) is 17.1. The Morgan fingerprint density at radius 2 is 1.97 bits per heavy atom.